The second kappa shape index (κ2) is 5.66. The van der Waals surface area contributed by atoms with Crippen molar-refractivity contribution in [3.8, 4) is 28.6 Å². The molecule has 5 nitrogen and oxygen atoms in total. The maximum atomic E-state index is 5.42. The van der Waals surface area contributed by atoms with Gasteiger partial charge in [-0.2, -0.15) is 0 Å². The molecule has 21 heavy (non-hydrogen) atoms. The first-order valence-corrected chi connectivity index (χ1v) is 6.51. The van der Waals surface area contributed by atoms with Crippen LogP contribution in [0.25, 0.3) is 17.1 Å². The molecule has 3 rings (SSSR count). The molecule has 0 aliphatic heterocycles. The number of methoxy groups -OCH3 is 2. The van der Waals surface area contributed by atoms with Gasteiger partial charge in [0.05, 0.1) is 19.8 Å². The molecule has 0 bridgehead atoms. The highest BCUT2D eigenvalue weighted by Crippen LogP contribution is 2.33. The second-order valence-corrected chi connectivity index (χ2v) is 4.43. The SMILES string of the molecule is COc1ccc(OC)c(-c2nncn2-c2ccccc2)c1. The lowest BCUT2D eigenvalue weighted by atomic mass is 10.1. The van der Waals surface area contributed by atoms with Crippen LogP contribution in [0.2, 0.25) is 0 Å². The first kappa shape index (κ1) is 13.2. The van der Waals surface area contributed by atoms with Crippen LogP contribution in [0.3, 0.4) is 0 Å². The smallest absolute Gasteiger partial charge is 0.172 e. The van der Waals surface area contributed by atoms with Crippen LogP contribution in [0, 0.1) is 0 Å². The molecule has 0 aliphatic carbocycles. The van der Waals surface area contributed by atoms with Gasteiger partial charge in [-0.25, -0.2) is 0 Å². The Morgan fingerprint density at radius 3 is 2.48 bits per heavy atom. The Balaban J connectivity index is 2.16. The van der Waals surface area contributed by atoms with E-state index in [1.165, 1.54) is 0 Å². The van der Waals surface area contributed by atoms with E-state index in [1.807, 2.05) is 53.1 Å². The number of hydrogen-bond acceptors (Lipinski definition) is 4. The van der Waals surface area contributed by atoms with Gasteiger partial charge in [-0.05, 0) is 30.3 Å². The quantitative estimate of drug-likeness (QED) is 0.737. The number of aromatic nitrogens is 3. The molecule has 0 N–H and O–H groups in total. The van der Waals surface area contributed by atoms with Gasteiger partial charge in [0.25, 0.3) is 0 Å². The molecule has 0 radical (unpaired) electrons. The third-order valence-corrected chi connectivity index (χ3v) is 3.23. The molecule has 0 amide bonds. The van der Waals surface area contributed by atoms with Crippen molar-refractivity contribution in [1.82, 2.24) is 14.8 Å². The van der Waals surface area contributed by atoms with E-state index in [0.717, 1.165) is 22.7 Å². The summed E-state index contributed by atoms with van der Waals surface area (Å²) in [7, 11) is 3.27. The molecule has 0 unspecified atom stereocenters. The normalized spacial score (nSPS) is 10.4. The topological polar surface area (TPSA) is 49.2 Å². The molecule has 2 aromatic carbocycles. The van der Waals surface area contributed by atoms with Crippen molar-refractivity contribution in [3.05, 3.63) is 54.9 Å². The monoisotopic (exact) mass is 281 g/mol. The van der Waals surface area contributed by atoms with E-state index in [9.17, 15) is 0 Å². The largest absolute Gasteiger partial charge is 0.497 e. The number of benzene rings is 2. The van der Waals surface area contributed by atoms with Crippen molar-refractivity contribution >= 4 is 0 Å². The fraction of sp³-hybridized carbons (Fsp3) is 0.125. The number of hydrogen-bond donors (Lipinski definition) is 0. The van der Waals surface area contributed by atoms with Crippen molar-refractivity contribution in [2.75, 3.05) is 14.2 Å². The van der Waals surface area contributed by atoms with Crippen LogP contribution < -0.4 is 9.47 Å². The van der Waals surface area contributed by atoms with Gasteiger partial charge in [-0.3, -0.25) is 4.57 Å². The summed E-state index contributed by atoms with van der Waals surface area (Å²) < 4.78 is 12.6. The van der Waals surface area contributed by atoms with Crippen LogP contribution in [-0.4, -0.2) is 29.0 Å². The first-order chi connectivity index (χ1) is 10.3. The average molecular weight is 281 g/mol. The number of para-hydroxylation sites is 1. The average Bonchev–Trinajstić information content (AvgIpc) is 3.04. The van der Waals surface area contributed by atoms with Crippen molar-refractivity contribution in [1.29, 1.82) is 0 Å². The van der Waals surface area contributed by atoms with Crippen LogP contribution in [-0.2, 0) is 0 Å². The van der Waals surface area contributed by atoms with E-state index >= 15 is 0 Å². The molecule has 1 heterocycles. The van der Waals surface area contributed by atoms with Crippen molar-refractivity contribution in [2.24, 2.45) is 0 Å². The van der Waals surface area contributed by atoms with Gasteiger partial charge in [0.2, 0.25) is 0 Å². The van der Waals surface area contributed by atoms with Crippen molar-refractivity contribution < 1.29 is 9.47 Å². The number of ether oxygens (including phenoxy) is 2. The minimum atomic E-state index is 0.706. The van der Waals surface area contributed by atoms with Crippen LogP contribution in [0.1, 0.15) is 0 Å². The lowest BCUT2D eigenvalue weighted by Gasteiger charge is -2.11. The predicted molar refractivity (Wildman–Crippen MR) is 79.9 cm³/mol. The summed E-state index contributed by atoms with van der Waals surface area (Å²) in [4.78, 5) is 0. The zero-order chi connectivity index (χ0) is 14.7. The summed E-state index contributed by atoms with van der Waals surface area (Å²) in [5.41, 5.74) is 1.82. The van der Waals surface area contributed by atoms with Crippen LogP contribution in [0.15, 0.2) is 54.9 Å². The molecular weight excluding hydrogens is 266 g/mol. The number of rotatable bonds is 4. The van der Waals surface area contributed by atoms with Gasteiger partial charge in [0.1, 0.15) is 17.8 Å². The van der Waals surface area contributed by atoms with E-state index in [-0.39, 0.29) is 0 Å². The van der Waals surface area contributed by atoms with Gasteiger partial charge in [0.15, 0.2) is 5.82 Å². The highest BCUT2D eigenvalue weighted by molar-refractivity contribution is 5.68. The van der Waals surface area contributed by atoms with E-state index in [0.29, 0.717) is 5.82 Å². The van der Waals surface area contributed by atoms with E-state index in [2.05, 4.69) is 10.2 Å². The molecule has 0 aliphatic rings. The van der Waals surface area contributed by atoms with Crippen molar-refractivity contribution in [3.63, 3.8) is 0 Å². The Kier molecular flexibility index (Phi) is 3.55. The molecule has 0 atom stereocenters. The van der Waals surface area contributed by atoms with Crippen LogP contribution in [0.5, 0.6) is 11.5 Å². The summed E-state index contributed by atoms with van der Waals surface area (Å²) in [6, 6.07) is 15.5. The molecule has 0 fully saturated rings. The molecule has 3 aromatic rings. The molecule has 0 saturated carbocycles. The number of nitrogens with zero attached hydrogens (tertiary/aromatic N) is 3. The van der Waals surface area contributed by atoms with Crippen LogP contribution >= 0.6 is 0 Å². The predicted octanol–water partition coefficient (Wildman–Crippen LogP) is 2.95. The highest BCUT2D eigenvalue weighted by atomic mass is 16.5. The van der Waals surface area contributed by atoms with E-state index in [4.69, 9.17) is 9.47 Å². The third kappa shape index (κ3) is 2.45. The fourth-order valence-corrected chi connectivity index (χ4v) is 2.19. The van der Waals surface area contributed by atoms with Gasteiger partial charge in [-0.15, -0.1) is 10.2 Å². The standard InChI is InChI=1S/C16H15N3O2/c1-20-13-8-9-15(21-2)14(10-13)16-18-17-11-19(16)12-6-4-3-5-7-12/h3-11H,1-2H3. The maximum Gasteiger partial charge on any atom is 0.172 e. The Bertz CT molecular complexity index is 738. The first-order valence-electron chi connectivity index (χ1n) is 6.51. The molecule has 106 valence electrons. The zero-order valence-corrected chi connectivity index (χ0v) is 11.9. The minimum absolute atomic E-state index is 0.706. The summed E-state index contributed by atoms with van der Waals surface area (Å²) in [6.45, 7) is 0. The Morgan fingerprint density at radius 1 is 0.952 bits per heavy atom. The summed E-state index contributed by atoms with van der Waals surface area (Å²) >= 11 is 0. The maximum absolute atomic E-state index is 5.42. The summed E-state index contributed by atoms with van der Waals surface area (Å²) in [5, 5.41) is 8.25. The summed E-state index contributed by atoms with van der Waals surface area (Å²) in [5.74, 6) is 2.17. The van der Waals surface area contributed by atoms with E-state index < -0.39 is 0 Å². The molecule has 0 spiro atoms. The molecule has 0 saturated heterocycles. The van der Waals surface area contributed by atoms with E-state index in [1.54, 1.807) is 20.5 Å². The Hall–Kier alpha value is -2.82. The lowest BCUT2D eigenvalue weighted by molar-refractivity contribution is 0.404. The summed E-state index contributed by atoms with van der Waals surface area (Å²) in [6.07, 6.45) is 1.68. The van der Waals surface area contributed by atoms with Gasteiger partial charge in [-0.1, -0.05) is 18.2 Å². The Morgan fingerprint density at radius 2 is 1.76 bits per heavy atom. The van der Waals surface area contributed by atoms with Crippen molar-refractivity contribution in [2.45, 2.75) is 0 Å². The lowest BCUT2D eigenvalue weighted by Crippen LogP contribution is -1.98. The minimum Gasteiger partial charge on any atom is -0.497 e. The highest BCUT2D eigenvalue weighted by Gasteiger charge is 2.14. The zero-order valence-electron chi connectivity index (χ0n) is 11.9. The Labute approximate surface area is 122 Å². The van der Waals surface area contributed by atoms with Gasteiger partial charge < -0.3 is 9.47 Å². The molecule has 1 aromatic heterocycles. The van der Waals surface area contributed by atoms with Gasteiger partial charge >= 0.3 is 0 Å². The second-order valence-electron chi connectivity index (χ2n) is 4.43. The van der Waals surface area contributed by atoms with Gasteiger partial charge in [0, 0.05) is 5.69 Å². The molecule has 5 heteroatoms. The third-order valence-electron chi connectivity index (χ3n) is 3.23. The van der Waals surface area contributed by atoms with Crippen LogP contribution in [0.4, 0.5) is 0 Å². The fourth-order valence-electron chi connectivity index (χ4n) is 2.19. The molecular formula is C16H15N3O2.